The van der Waals surface area contributed by atoms with Gasteiger partial charge < -0.3 is 5.32 Å². The first kappa shape index (κ1) is 13.7. The van der Waals surface area contributed by atoms with Crippen LogP contribution in [0.3, 0.4) is 0 Å². The van der Waals surface area contributed by atoms with Gasteiger partial charge in [-0.2, -0.15) is 5.26 Å². The van der Waals surface area contributed by atoms with E-state index in [1.807, 2.05) is 24.3 Å². The Kier molecular flexibility index (Phi) is 5.18. The first-order valence-corrected chi connectivity index (χ1v) is 6.34. The van der Waals surface area contributed by atoms with Crippen LogP contribution in [0.5, 0.6) is 0 Å². The monoisotopic (exact) mass is 230 g/mol. The van der Waals surface area contributed by atoms with Gasteiger partial charge in [-0.3, -0.25) is 0 Å². The minimum Gasteiger partial charge on any atom is -0.307 e. The molecule has 0 aliphatic heterocycles. The lowest BCUT2D eigenvalue weighted by Crippen LogP contribution is -2.35. The van der Waals surface area contributed by atoms with Crippen molar-refractivity contribution >= 4 is 0 Å². The molecule has 0 fully saturated rings. The van der Waals surface area contributed by atoms with E-state index in [1.54, 1.807) is 0 Å². The molecular weight excluding hydrogens is 208 g/mol. The SMILES string of the molecule is CCC(NC(C)c1ccc(C#N)cc1)C(C)C. The van der Waals surface area contributed by atoms with Crippen molar-refractivity contribution in [2.45, 2.75) is 46.2 Å². The molecule has 2 atom stereocenters. The zero-order chi connectivity index (χ0) is 12.8. The lowest BCUT2D eigenvalue weighted by atomic mass is 9.99. The number of nitrogens with one attached hydrogen (secondary N) is 1. The topological polar surface area (TPSA) is 35.8 Å². The molecule has 2 heteroatoms. The van der Waals surface area contributed by atoms with Crippen molar-refractivity contribution in [1.29, 1.82) is 5.26 Å². The predicted molar refractivity (Wildman–Crippen MR) is 71.6 cm³/mol. The standard InChI is InChI=1S/C15H22N2/c1-5-15(11(2)3)17-12(4)14-8-6-13(10-16)7-9-14/h6-9,11-12,15,17H,5H2,1-4H3. The summed E-state index contributed by atoms with van der Waals surface area (Å²) in [5, 5.41) is 12.4. The minimum absolute atomic E-state index is 0.329. The Bertz CT molecular complexity index is 373. The highest BCUT2D eigenvalue weighted by Gasteiger charge is 2.14. The van der Waals surface area contributed by atoms with Gasteiger partial charge in [-0.25, -0.2) is 0 Å². The van der Waals surface area contributed by atoms with Crippen molar-refractivity contribution in [2.24, 2.45) is 5.92 Å². The van der Waals surface area contributed by atoms with Crippen LogP contribution in [0.25, 0.3) is 0 Å². The normalized spacial score (nSPS) is 14.4. The molecule has 2 nitrogen and oxygen atoms in total. The van der Waals surface area contributed by atoms with Gasteiger partial charge in [0.05, 0.1) is 11.6 Å². The maximum atomic E-state index is 8.76. The molecule has 1 N–H and O–H groups in total. The fraction of sp³-hybridized carbons (Fsp3) is 0.533. The van der Waals surface area contributed by atoms with Crippen LogP contribution in [0.2, 0.25) is 0 Å². The van der Waals surface area contributed by atoms with Gasteiger partial charge in [0.25, 0.3) is 0 Å². The van der Waals surface area contributed by atoms with Crippen LogP contribution in [-0.2, 0) is 0 Å². The number of hydrogen-bond donors (Lipinski definition) is 1. The summed E-state index contributed by atoms with van der Waals surface area (Å²) in [5.74, 6) is 0.640. The quantitative estimate of drug-likeness (QED) is 0.838. The fourth-order valence-corrected chi connectivity index (χ4v) is 2.05. The average Bonchev–Trinajstić information content (AvgIpc) is 2.35. The zero-order valence-electron chi connectivity index (χ0n) is 11.2. The Morgan fingerprint density at radius 2 is 1.76 bits per heavy atom. The highest BCUT2D eigenvalue weighted by molar-refractivity contribution is 5.32. The van der Waals surface area contributed by atoms with Crippen molar-refractivity contribution in [1.82, 2.24) is 5.32 Å². The van der Waals surface area contributed by atoms with Gasteiger partial charge in [-0.1, -0.05) is 32.9 Å². The van der Waals surface area contributed by atoms with Gasteiger partial charge in [-0.05, 0) is 37.0 Å². The third-order valence-electron chi connectivity index (χ3n) is 3.25. The fourth-order valence-electron chi connectivity index (χ4n) is 2.05. The second-order valence-electron chi connectivity index (χ2n) is 4.88. The van der Waals surface area contributed by atoms with E-state index in [1.165, 1.54) is 5.56 Å². The van der Waals surface area contributed by atoms with E-state index >= 15 is 0 Å². The second-order valence-corrected chi connectivity index (χ2v) is 4.88. The van der Waals surface area contributed by atoms with Gasteiger partial charge in [0, 0.05) is 12.1 Å². The third kappa shape index (κ3) is 3.87. The Morgan fingerprint density at radius 1 is 1.18 bits per heavy atom. The van der Waals surface area contributed by atoms with E-state index in [0.29, 0.717) is 18.0 Å². The maximum Gasteiger partial charge on any atom is 0.0991 e. The first-order chi connectivity index (χ1) is 8.08. The molecule has 1 aromatic rings. The molecule has 0 heterocycles. The van der Waals surface area contributed by atoms with Crippen LogP contribution < -0.4 is 5.32 Å². The molecular formula is C15H22N2. The Morgan fingerprint density at radius 3 is 2.18 bits per heavy atom. The summed E-state index contributed by atoms with van der Waals surface area (Å²) in [6.07, 6.45) is 1.14. The largest absolute Gasteiger partial charge is 0.307 e. The van der Waals surface area contributed by atoms with Crippen LogP contribution in [0.4, 0.5) is 0 Å². The van der Waals surface area contributed by atoms with Gasteiger partial charge >= 0.3 is 0 Å². The number of nitriles is 1. The van der Waals surface area contributed by atoms with Gasteiger partial charge in [0.15, 0.2) is 0 Å². The molecule has 0 saturated heterocycles. The van der Waals surface area contributed by atoms with E-state index in [-0.39, 0.29) is 0 Å². The number of benzene rings is 1. The molecule has 92 valence electrons. The minimum atomic E-state index is 0.329. The lowest BCUT2D eigenvalue weighted by Gasteiger charge is -2.25. The summed E-state index contributed by atoms with van der Waals surface area (Å²) in [6, 6.07) is 10.8. The second kappa shape index (κ2) is 6.42. The summed E-state index contributed by atoms with van der Waals surface area (Å²) >= 11 is 0. The molecule has 0 aromatic heterocycles. The molecule has 0 aliphatic carbocycles. The summed E-state index contributed by atoms with van der Waals surface area (Å²) in [4.78, 5) is 0. The molecule has 0 saturated carbocycles. The molecule has 17 heavy (non-hydrogen) atoms. The Labute approximate surface area is 105 Å². The molecule has 0 radical (unpaired) electrons. The molecule has 0 amide bonds. The van der Waals surface area contributed by atoms with Crippen LogP contribution >= 0.6 is 0 Å². The van der Waals surface area contributed by atoms with Crippen molar-refractivity contribution in [3.05, 3.63) is 35.4 Å². The summed E-state index contributed by atoms with van der Waals surface area (Å²) in [6.45, 7) is 8.87. The molecule has 2 unspecified atom stereocenters. The molecule has 1 rings (SSSR count). The van der Waals surface area contributed by atoms with E-state index in [9.17, 15) is 0 Å². The highest BCUT2D eigenvalue weighted by atomic mass is 14.9. The van der Waals surface area contributed by atoms with Gasteiger partial charge in [-0.15, -0.1) is 0 Å². The van der Waals surface area contributed by atoms with Crippen molar-refractivity contribution in [3.63, 3.8) is 0 Å². The van der Waals surface area contributed by atoms with Crippen molar-refractivity contribution in [2.75, 3.05) is 0 Å². The number of rotatable bonds is 5. The smallest absolute Gasteiger partial charge is 0.0991 e. The van der Waals surface area contributed by atoms with Crippen LogP contribution in [0.1, 0.15) is 51.3 Å². The van der Waals surface area contributed by atoms with E-state index in [4.69, 9.17) is 5.26 Å². The van der Waals surface area contributed by atoms with E-state index in [2.05, 4.69) is 39.1 Å². The van der Waals surface area contributed by atoms with Gasteiger partial charge in [0.1, 0.15) is 0 Å². The van der Waals surface area contributed by atoms with E-state index < -0.39 is 0 Å². The predicted octanol–water partition coefficient (Wildman–Crippen LogP) is 3.64. The number of nitrogens with zero attached hydrogens (tertiary/aromatic N) is 1. The first-order valence-electron chi connectivity index (χ1n) is 6.34. The zero-order valence-corrected chi connectivity index (χ0v) is 11.2. The third-order valence-corrected chi connectivity index (χ3v) is 3.25. The van der Waals surface area contributed by atoms with Gasteiger partial charge in [0.2, 0.25) is 0 Å². The molecule has 0 spiro atoms. The van der Waals surface area contributed by atoms with Crippen LogP contribution in [0, 0.1) is 17.2 Å². The van der Waals surface area contributed by atoms with E-state index in [0.717, 1.165) is 12.0 Å². The Hall–Kier alpha value is -1.33. The summed E-state index contributed by atoms with van der Waals surface area (Å²) < 4.78 is 0. The Balaban J connectivity index is 2.69. The number of hydrogen-bond acceptors (Lipinski definition) is 2. The van der Waals surface area contributed by atoms with Crippen molar-refractivity contribution < 1.29 is 0 Å². The maximum absolute atomic E-state index is 8.76. The summed E-state index contributed by atoms with van der Waals surface area (Å²) in [5.41, 5.74) is 1.96. The highest BCUT2D eigenvalue weighted by Crippen LogP contribution is 2.16. The molecule has 0 bridgehead atoms. The van der Waals surface area contributed by atoms with Crippen LogP contribution in [-0.4, -0.2) is 6.04 Å². The molecule has 1 aromatic carbocycles. The lowest BCUT2D eigenvalue weighted by molar-refractivity contribution is 0.356. The van der Waals surface area contributed by atoms with Crippen molar-refractivity contribution in [3.8, 4) is 6.07 Å². The van der Waals surface area contributed by atoms with Crippen LogP contribution in [0.15, 0.2) is 24.3 Å². The average molecular weight is 230 g/mol. The molecule has 0 aliphatic rings. The summed E-state index contributed by atoms with van der Waals surface area (Å²) in [7, 11) is 0.